The van der Waals surface area contributed by atoms with Crippen LogP contribution in [0, 0.1) is 0 Å². The minimum Gasteiger partial charge on any atom is -0.437 e. The van der Waals surface area contributed by atoms with E-state index >= 15 is 0 Å². The number of rotatable bonds is 5. The summed E-state index contributed by atoms with van der Waals surface area (Å²) in [6, 6.07) is 2.39. The molecule has 0 radical (unpaired) electrons. The molecule has 1 saturated heterocycles. The number of halogens is 3. The Morgan fingerprint density at radius 2 is 2.08 bits per heavy atom. The molecule has 0 saturated carbocycles. The molecule has 1 aliphatic heterocycles. The molecular weight excluding hydrogens is 320 g/mol. The van der Waals surface area contributed by atoms with Crippen molar-refractivity contribution >= 4 is 7.05 Å². The highest BCUT2D eigenvalue weighted by Crippen LogP contribution is 2.32. The van der Waals surface area contributed by atoms with Crippen molar-refractivity contribution < 1.29 is 29.8 Å². The first-order valence-corrected chi connectivity index (χ1v) is 7.67. The van der Waals surface area contributed by atoms with E-state index in [1.54, 1.807) is 23.5 Å². The van der Waals surface area contributed by atoms with Gasteiger partial charge in [-0.2, -0.15) is 13.2 Å². The normalized spacial score (nSPS) is 25.9. The highest BCUT2D eigenvalue weighted by atomic mass is 19.4. The van der Waals surface area contributed by atoms with E-state index in [0.717, 1.165) is 24.3 Å². The molecule has 4 nitrogen and oxygen atoms in total. The highest BCUT2D eigenvalue weighted by molar-refractivity contribution is 6.45. The molecule has 2 atom stereocenters. The number of benzene rings is 1. The smallest absolute Gasteiger partial charge is 0.416 e. The molecule has 8 heteroatoms. The van der Waals surface area contributed by atoms with Gasteiger partial charge in [0.15, 0.2) is 0 Å². The first kappa shape index (κ1) is 13.2. The molecule has 0 amide bonds. The van der Waals surface area contributed by atoms with Gasteiger partial charge in [0.25, 0.3) is 0 Å². The van der Waals surface area contributed by atoms with Crippen LogP contribution in [0.2, 0.25) is 6.82 Å². The van der Waals surface area contributed by atoms with Crippen LogP contribution in [0.4, 0.5) is 13.2 Å². The Hall–Kier alpha value is -1.09. The van der Waals surface area contributed by atoms with E-state index in [9.17, 15) is 18.2 Å². The van der Waals surface area contributed by atoms with Gasteiger partial charge in [0.2, 0.25) is 0 Å². The fourth-order valence-electron chi connectivity index (χ4n) is 2.96. The van der Waals surface area contributed by atoms with Crippen LogP contribution >= 0.6 is 0 Å². The van der Waals surface area contributed by atoms with Crippen molar-refractivity contribution in [2.24, 2.45) is 0 Å². The van der Waals surface area contributed by atoms with Gasteiger partial charge in [-0.05, 0) is 31.4 Å². The fourth-order valence-corrected chi connectivity index (χ4v) is 2.96. The van der Waals surface area contributed by atoms with Crippen LogP contribution < -0.4 is 0 Å². The van der Waals surface area contributed by atoms with Gasteiger partial charge < -0.3 is 14.6 Å². The summed E-state index contributed by atoms with van der Waals surface area (Å²) in [6.45, 7) is 1.69. The Kier molecular flexibility index (Phi) is 4.31. The number of methoxy groups -OCH3 is 1. The highest BCUT2D eigenvalue weighted by Gasteiger charge is 2.34. The summed E-state index contributed by atoms with van der Waals surface area (Å²) in [4.78, 5) is 3.43. The first-order chi connectivity index (χ1) is 13.1. The molecule has 0 aromatic heterocycles. The lowest BCUT2D eigenvalue weighted by Crippen LogP contribution is -2.57. The van der Waals surface area contributed by atoms with E-state index in [2.05, 4.69) is 0 Å². The molecule has 134 valence electrons. The van der Waals surface area contributed by atoms with Gasteiger partial charge >= 0.3 is 13.2 Å². The van der Waals surface area contributed by atoms with Gasteiger partial charge in [-0.15, -0.1) is 0 Å². The summed E-state index contributed by atoms with van der Waals surface area (Å²) in [6.07, 6.45) is -4.54. The number of hydrogen-bond donors (Lipinski definition) is 1. The van der Waals surface area contributed by atoms with Gasteiger partial charge in [-0.3, -0.25) is 4.90 Å². The molecular formula is C16H24BF3N2O2. The summed E-state index contributed by atoms with van der Waals surface area (Å²) in [5.74, 6) is 0. The average Bonchev–Trinajstić information content (AvgIpc) is 2.53. The summed E-state index contributed by atoms with van der Waals surface area (Å²) in [5, 5.41) is 9.78. The molecule has 1 fully saturated rings. The molecule has 1 heterocycles. The Bertz CT molecular complexity index is 689. The molecule has 1 aromatic carbocycles. The lowest BCUT2D eigenvalue weighted by atomic mass is 9.83. The van der Waals surface area contributed by atoms with Crippen LogP contribution in [-0.2, 0) is 10.9 Å². The summed E-state index contributed by atoms with van der Waals surface area (Å²) in [5.41, 5.74) is -0.714. The monoisotopic (exact) mass is 349 g/mol. The summed E-state index contributed by atoms with van der Waals surface area (Å²) in [7, 11) is -3.74. The largest absolute Gasteiger partial charge is 0.437 e. The molecule has 1 N–H and O–H groups in total. The van der Waals surface area contributed by atoms with Crippen molar-refractivity contribution in [3.05, 3.63) is 35.4 Å². The second-order valence-corrected chi connectivity index (χ2v) is 5.96. The number of nitrogens with zero attached hydrogens (tertiary/aromatic N) is 2. The lowest BCUT2D eigenvalue weighted by molar-refractivity contribution is -0.137. The number of hydrogen-bond acceptors (Lipinski definition) is 4. The minimum absolute atomic E-state index is 0.171. The second-order valence-electron chi connectivity index (χ2n) is 5.96. The van der Waals surface area contributed by atoms with Crippen LogP contribution in [0.1, 0.15) is 30.9 Å². The van der Waals surface area contributed by atoms with Crippen LogP contribution in [0.15, 0.2) is 24.3 Å². The Morgan fingerprint density at radius 1 is 1.42 bits per heavy atom. The zero-order chi connectivity index (χ0) is 22.2. The van der Waals surface area contributed by atoms with Crippen molar-refractivity contribution in [1.82, 2.24) is 9.71 Å². The van der Waals surface area contributed by atoms with Crippen LogP contribution in [-0.4, -0.2) is 61.1 Å². The minimum atomic E-state index is -4.54. The molecule has 1 aromatic rings. The second kappa shape index (κ2) is 7.86. The summed E-state index contributed by atoms with van der Waals surface area (Å²) < 4.78 is 81.8. The van der Waals surface area contributed by atoms with E-state index in [1.165, 1.54) is 0 Å². The van der Waals surface area contributed by atoms with Crippen molar-refractivity contribution in [3.8, 4) is 0 Å². The maximum absolute atomic E-state index is 12.9. The Morgan fingerprint density at radius 3 is 2.58 bits per heavy atom. The Balaban J connectivity index is 2.41. The SMILES string of the molecule is [2H]C([2H])([2H])OC([2H])([2H])[C@H](c1ccc(C(F)(F)F)cc1)N1CCN(B(C)O)C[C@@H]1C. The predicted octanol–water partition coefficient (Wildman–Crippen LogP) is 2.51. The molecule has 0 aliphatic carbocycles. The van der Waals surface area contributed by atoms with E-state index in [1.807, 2.05) is 0 Å². The van der Waals surface area contributed by atoms with Gasteiger partial charge in [0, 0.05) is 32.7 Å². The van der Waals surface area contributed by atoms with Gasteiger partial charge in [-0.25, -0.2) is 0 Å². The maximum Gasteiger partial charge on any atom is 0.416 e. The zero-order valence-electron chi connectivity index (χ0n) is 18.5. The van der Waals surface area contributed by atoms with Gasteiger partial charge in [0.1, 0.15) is 0 Å². The molecule has 0 unspecified atom stereocenters. The van der Waals surface area contributed by atoms with Crippen molar-refractivity contribution in [2.75, 3.05) is 33.2 Å². The van der Waals surface area contributed by atoms with Crippen molar-refractivity contribution in [2.45, 2.75) is 32.0 Å². The van der Waals surface area contributed by atoms with E-state index < -0.39 is 38.4 Å². The molecule has 24 heavy (non-hydrogen) atoms. The van der Waals surface area contributed by atoms with Crippen molar-refractivity contribution in [3.63, 3.8) is 0 Å². The summed E-state index contributed by atoms with van der Waals surface area (Å²) >= 11 is 0. The van der Waals surface area contributed by atoms with Crippen LogP contribution in [0.25, 0.3) is 0 Å². The van der Waals surface area contributed by atoms with E-state index in [-0.39, 0.29) is 18.2 Å². The molecule has 0 bridgehead atoms. The third-order valence-electron chi connectivity index (χ3n) is 4.29. The number of alkyl halides is 3. The van der Waals surface area contributed by atoms with Crippen LogP contribution in [0.3, 0.4) is 0 Å². The van der Waals surface area contributed by atoms with Crippen LogP contribution in [0.5, 0.6) is 0 Å². The first-order valence-electron chi connectivity index (χ1n) is 10.2. The zero-order valence-corrected chi connectivity index (χ0v) is 13.5. The molecule has 2 rings (SSSR count). The average molecular weight is 349 g/mol. The lowest BCUT2D eigenvalue weighted by Gasteiger charge is -2.44. The topological polar surface area (TPSA) is 35.9 Å². The van der Waals surface area contributed by atoms with E-state index in [4.69, 9.17) is 11.6 Å². The third-order valence-corrected chi connectivity index (χ3v) is 4.29. The molecule has 0 spiro atoms. The number of ether oxygens (including phenoxy) is 1. The maximum atomic E-state index is 12.9. The standard InChI is InChI=1S/C16H24BF3N2O2/c1-12-10-21(17(2)23)8-9-22(12)15(11-24-3)13-4-6-14(7-5-13)16(18,19)20/h4-7,12,15,23H,8-11H2,1-3H3/t12-,15+/m0/s1/i3D3,11D2. The quantitative estimate of drug-likeness (QED) is 0.829. The fraction of sp³-hybridized carbons (Fsp3) is 0.625. The molecule has 1 aliphatic rings. The Labute approximate surface area is 148 Å². The predicted molar refractivity (Wildman–Crippen MR) is 87.6 cm³/mol. The van der Waals surface area contributed by atoms with Gasteiger partial charge in [0.05, 0.1) is 25.0 Å². The van der Waals surface area contributed by atoms with E-state index in [0.29, 0.717) is 13.1 Å². The van der Waals surface area contributed by atoms with Gasteiger partial charge in [-0.1, -0.05) is 12.1 Å². The third kappa shape index (κ3) is 4.50. The number of piperazine rings is 1. The van der Waals surface area contributed by atoms with Crippen molar-refractivity contribution in [1.29, 1.82) is 0 Å².